The van der Waals surface area contributed by atoms with Crippen LogP contribution in [0, 0.1) is 11.8 Å². The fraction of sp³-hybridized carbons (Fsp3) is 0.944. The van der Waals surface area contributed by atoms with Crippen molar-refractivity contribution in [3.8, 4) is 0 Å². The molecule has 0 aliphatic heterocycles. The third kappa shape index (κ3) is 10.8. The largest absolute Gasteiger partial charge is 0.444 e. The molecule has 0 saturated carbocycles. The second-order valence-corrected chi connectivity index (χ2v) is 7.72. The van der Waals surface area contributed by atoms with Crippen LogP contribution in [0.25, 0.3) is 0 Å². The number of aliphatic hydroxyl groups is 1. The number of alkyl carbamates (subject to hydrolysis) is 1. The zero-order chi connectivity index (χ0) is 18.8. The Hall–Kier alpha value is -0.850. The van der Waals surface area contributed by atoms with Crippen molar-refractivity contribution in [2.45, 2.75) is 78.6 Å². The molecule has 24 heavy (non-hydrogen) atoms. The molecule has 0 aliphatic rings. The molecule has 1 amide bonds. The van der Waals surface area contributed by atoms with Crippen LogP contribution in [0.4, 0.5) is 4.79 Å². The van der Waals surface area contributed by atoms with Crippen molar-refractivity contribution in [1.82, 2.24) is 5.32 Å². The van der Waals surface area contributed by atoms with Crippen LogP contribution in [-0.2, 0) is 9.47 Å². The zero-order valence-electron chi connectivity index (χ0n) is 16.3. The highest BCUT2D eigenvalue weighted by molar-refractivity contribution is 5.68. The Bertz CT molecular complexity index is 342. The summed E-state index contributed by atoms with van der Waals surface area (Å²) >= 11 is 0. The average molecular weight is 347 g/mol. The summed E-state index contributed by atoms with van der Waals surface area (Å²) in [7, 11) is 0. The molecule has 0 spiro atoms. The molecule has 0 fully saturated rings. The molecule has 0 aromatic heterocycles. The molecule has 3 atom stereocenters. The van der Waals surface area contributed by atoms with E-state index in [1.165, 1.54) is 0 Å². The zero-order valence-corrected chi connectivity index (χ0v) is 16.3. The van der Waals surface area contributed by atoms with Crippen molar-refractivity contribution >= 4 is 6.09 Å². The minimum atomic E-state index is -0.811. The van der Waals surface area contributed by atoms with Gasteiger partial charge in [0.05, 0.1) is 12.1 Å². The summed E-state index contributed by atoms with van der Waals surface area (Å²) < 4.78 is 11.0. The molecular weight excluding hydrogens is 308 g/mol. The van der Waals surface area contributed by atoms with E-state index in [9.17, 15) is 9.90 Å². The Kier molecular flexibility index (Phi) is 11.2. The first-order chi connectivity index (χ1) is 11.1. The SMILES string of the molecule is CCCCOC[C@@H](C[C@H](NC(=O)OC(C)(C)C)C(O)CN)C(C)C. The van der Waals surface area contributed by atoms with Crippen LogP contribution in [0.3, 0.4) is 0 Å². The van der Waals surface area contributed by atoms with E-state index < -0.39 is 23.8 Å². The van der Waals surface area contributed by atoms with E-state index in [2.05, 4.69) is 26.1 Å². The van der Waals surface area contributed by atoms with Gasteiger partial charge in [0.25, 0.3) is 0 Å². The molecule has 0 rings (SSSR count). The topological polar surface area (TPSA) is 93.8 Å². The molecule has 6 nitrogen and oxygen atoms in total. The number of carbonyl (C=O) groups excluding carboxylic acids is 1. The van der Waals surface area contributed by atoms with E-state index >= 15 is 0 Å². The van der Waals surface area contributed by atoms with Gasteiger partial charge in [-0.3, -0.25) is 0 Å². The van der Waals surface area contributed by atoms with Gasteiger partial charge in [-0.05, 0) is 45.4 Å². The van der Waals surface area contributed by atoms with Gasteiger partial charge in [-0.25, -0.2) is 4.79 Å². The standard InChI is InChI=1S/C18H38N2O4/c1-7-8-9-23-12-14(13(2)3)10-15(16(21)11-19)20-17(22)24-18(4,5)6/h13-16,21H,7-12,19H2,1-6H3,(H,20,22)/t14-,15+,16?/m1/s1. The van der Waals surface area contributed by atoms with Crippen LogP contribution in [0.1, 0.15) is 60.8 Å². The van der Waals surface area contributed by atoms with Gasteiger partial charge in [-0.15, -0.1) is 0 Å². The molecule has 0 heterocycles. The van der Waals surface area contributed by atoms with Crippen molar-refractivity contribution in [2.24, 2.45) is 17.6 Å². The molecule has 0 saturated heterocycles. The van der Waals surface area contributed by atoms with E-state index in [0.29, 0.717) is 18.9 Å². The number of rotatable bonds is 11. The summed E-state index contributed by atoms with van der Waals surface area (Å²) in [4.78, 5) is 12.0. The molecule has 6 heteroatoms. The Morgan fingerprint density at radius 3 is 2.38 bits per heavy atom. The summed E-state index contributed by atoms with van der Waals surface area (Å²) in [5.74, 6) is 0.600. The van der Waals surface area contributed by atoms with E-state index in [0.717, 1.165) is 19.4 Å². The van der Waals surface area contributed by atoms with Gasteiger partial charge in [0.15, 0.2) is 0 Å². The molecule has 4 N–H and O–H groups in total. The minimum absolute atomic E-state index is 0.0853. The monoisotopic (exact) mass is 346 g/mol. The molecule has 0 aromatic rings. The molecule has 0 bridgehead atoms. The lowest BCUT2D eigenvalue weighted by molar-refractivity contribution is 0.0322. The van der Waals surface area contributed by atoms with Gasteiger partial charge in [-0.1, -0.05) is 27.2 Å². The van der Waals surface area contributed by atoms with Crippen LogP contribution in [0.2, 0.25) is 0 Å². The normalized spacial score (nSPS) is 15.9. The molecule has 0 radical (unpaired) electrons. The van der Waals surface area contributed by atoms with Crippen LogP contribution in [-0.4, -0.2) is 48.7 Å². The van der Waals surface area contributed by atoms with Crippen molar-refractivity contribution < 1.29 is 19.4 Å². The highest BCUT2D eigenvalue weighted by Gasteiger charge is 2.28. The van der Waals surface area contributed by atoms with Crippen LogP contribution in [0.5, 0.6) is 0 Å². The number of nitrogens with two attached hydrogens (primary N) is 1. The lowest BCUT2D eigenvalue weighted by Gasteiger charge is -2.30. The minimum Gasteiger partial charge on any atom is -0.444 e. The maximum Gasteiger partial charge on any atom is 0.407 e. The lowest BCUT2D eigenvalue weighted by atomic mass is 9.88. The number of hydrogen-bond donors (Lipinski definition) is 3. The Morgan fingerprint density at radius 1 is 1.29 bits per heavy atom. The van der Waals surface area contributed by atoms with Crippen molar-refractivity contribution in [1.29, 1.82) is 0 Å². The van der Waals surface area contributed by atoms with Crippen molar-refractivity contribution in [2.75, 3.05) is 19.8 Å². The number of hydrogen-bond acceptors (Lipinski definition) is 5. The number of amides is 1. The Balaban J connectivity index is 4.73. The third-order valence-electron chi connectivity index (χ3n) is 3.88. The van der Waals surface area contributed by atoms with Crippen LogP contribution in [0.15, 0.2) is 0 Å². The van der Waals surface area contributed by atoms with Gasteiger partial charge in [-0.2, -0.15) is 0 Å². The van der Waals surface area contributed by atoms with Crippen LogP contribution >= 0.6 is 0 Å². The third-order valence-corrected chi connectivity index (χ3v) is 3.88. The number of nitrogens with one attached hydrogen (secondary N) is 1. The maximum atomic E-state index is 12.0. The first-order valence-corrected chi connectivity index (χ1v) is 9.06. The molecule has 0 aliphatic carbocycles. The quantitative estimate of drug-likeness (QED) is 0.500. The van der Waals surface area contributed by atoms with E-state index in [4.69, 9.17) is 15.2 Å². The summed E-state index contributed by atoms with van der Waals surface area (Å²) in [5, 5.41) is 12.9. The number of ether oxygens (including phenoxy) is 2. The molecule has 1 unspecified atom stereocenters. The highest BCUT2D eigenvalue weighted by atomic mass is 16.6. The van der Waals surface area contributed by atoms with Crippen LogP contribution < -0.4 is 11.1 Å². The molecule has 144 valence electrons. The van der Waals surface area contributed by atoms with E-state index in [1.807, 2.05) is 0 Å². The predicted molar refractivity (Wildman–Crippen MR) is 96.9 cm³/mol. The fourth-order valence-electron chi connectivity index (χ4n) is 2.28. The average Bonchev–Trinajstić information content (AvgIpc) is 2.46. The van der Waals surface area contributed by atoms with Gasteiger partial charge in [0.1, 0.15) is 5.60 Å². The van der Waals surface area contributed by atoms with Gasteiger partial charge < -0.3 is 25.6 Å². The smallest absolute Gasteiger partial charge is 0.407 e. The fourth-order valence-corrected chi connectivity index (χ4v) is 2.28. The summed E-state index contributed by atoms with van der Waals surface area (Å²) in [6.07, 6.45) is 1.39. The van der Waals surface area contributed by atoms with E-state index in [-0.39, 0.29) is 12.5 Å². The second-order valence-electron chi connectivity index (χ2n) is 7.72. The first kappa shape index (κ1) is 23.1. The highest BCUT2D eigenvalue weighted by Crippen LogP contribution is 2.20. The molecule has 0 aromatic carbocycles. The number of unbranched alkanes of at least 4 members (excludes halogenated alkanes) is 1. The predicted octanol–water partition coefficient (Wildman–Crippen LogP) is 2.68. The van der Waals surface area contributed by atoms with Crippen molar-refractivity contribution in [3.05, 3.63) is 0 Å². The van der Waals surface area contributed by atoms with Gasteiger partial charge >= 0.3 is 6.09 Å². The lowest BCUT2D eigenvalue weighted by Crippen LogP contribution is -2.49. The van der Waals surface area contributed by atoms with Crippen molar-refractivity contribution in [3.63, 3.8) is 0 Å². The van der Waals surface area contributed by atoms with E-state index in [1.54, 1.807) is 20.8 Å². The molecular formula is C18H38N2O4. The summed E-state index contributed by atoms with van der Waals surface area (Å²) in [6, 6.07) is -0.452. The summed E-state index contributed by atoms with van der Waals surface area (Å²) in [5.41, 5.74) is 5.01. The van der Waals surface area contributed by atoms with Gasteiger partial charge in [0, 0.05) is 19.8 Å². The Morgan fingerprint density at radius 2 is 1.92 bits per heavy atom. The second kappa shape index (κ2) is 11.7. The Labute approximate surface area is 147 Å². The summed E-state index contributed by atoms with van der Waals surface area (Å²) in [6.45, 7) is 13.2. The van der Waals surface area contributed by atoms with Gasteiger partial charge in [0.2, 0.25) is 0 Å². The number of aliphatic hydroxyl groups excluding tert-OH is 1. The number of carbonyl (C=O) groups is 1. The maximum absolute atomic E-state index is 12.0. The first-order valence-electron chi connectivity index (χ1n) is 9.06.